The van der Waals surface area contributed by atoms with Gasteiger partial charge in [-0.25, -0.2) is 0 Å². The molecular weight excluding hydrogens is 268 g/mol. The molecule has 0 aromatic heterocycles. The van der Waals surface area contributed by atoms with Gasteiger partial charge < -0.3 is 9.64 Å². The third-order valence-electron chi connectivity index (χ3n) is 3.19. The van der Waals surface area contributed by atoms with Gasteiger partial charge in [-0.2, -0.15) is 0 Å². The van der Waals surface area contributed by atoms with Crippen molar-refractivity contribution >= 4 is 17.3 Å². The lowest BCUT2D eigenvalue weighted by Gasteiger charge is -2.14. The van der Waals surface area contributed by atoms with E-state index in [2.05, 4.69) is 4.90 Å². The summed E-state index contributed by atoms with van der Waals surface area (Å²) in [5.41, 5.74) is -0.0365. The number of nitrogens with zero attached hydrogens (tertiary/aromatic N) is 2. The standard InChI is InChI=1S/C13H17ClN2O3/c14-11-4-5-12(16(17)18)13(10-11)19-9-3-8-15-6-1-2-7-15/h4-5,10H,1-3,6-9H2. The van der Waals surface area contributed by atoms with Crippen molar-refractivity contribution in [3.8, 4) is 5.75 Å². The van der Waals surface area contributed by atoms with Crippen molar-refractivity contribution in [3.63, 3.8) is 0 Å². The monoisotopic (exact) mass is 284 g/mol. The minimum Gasteiger partial charge on any atom is -0.487 e. The molecule has 0 radical (unpaired) electrons. The van der Waals surface area contributed by atoms with E-state index >= 15 is 0 Å². The minimum atomic E-state index is -0.452. The van der Waals surface area contributed by atoms with Crippen LogP contribution in [0.2, 0.25) is 5.02 Å². The van der Waals surface area contributed by atoms with Crippen LogP contribution in [0.5, 0.6) is 5.75 Å². The fourth-order valence-corrected chi connectivity index (χ4v) is 2.39. The number of rotatable bonds is 6. The van der Waals surface area contributed by atoms with Crippen LogP contribution in [-0.4, -0.2) is 36.1 Å². The van der Waals surface area contributed by atoms with Crippen molar-refractivity contribution in [2.75, 3.05) is 26.2 Å². The normalized spacial score (nSPS) is 15.6. The van der Waals surface area contributed by atoms with Crippen molar-refractivity contribution in [1.29, 1.82) is 0 Å². The zero-order valence-electron chi connectivity index (χ0n) is 10.7. The summed E-state index contributed by atoms with van der Waals surface area (Å²) in [6, 6.07) is 4.37. The van der Waals surface area contributed by atoms with Crippen LogP contribution in [0.4, 0.5) is 5.69 Å². The van der Waals surface area contributed by atoms with Gasteiger partial charge in [-0.15, -0.1) is 0 Å². The van der Waals surface area contributed by atoms with Crippen LogP contribution < -0.4 is 4.74 Å². The van der Waals surface area contributed by atoms with Crippen molar-refractivity contribution in [1.82, 2.24) is 4.90 Å². The Bertz CT molecular complexity index is 448. The van der Waals surface area contributed by atoms with E-state index in [1.165, 1.54) is 31.0 Å². The summed E-state index contributed by atoms with van der Waals surface area (Å²) in [7, 11) is 0. The molecule has 0 aliphatic carbocycles. The fraction of sp³-hybridized carbons (Fsp3) is 0.538. The maximum Gasteiger partial charge on any atom is 0.311 e. The molecule has 1 aromatic carbocycles. The number of hydrogen-bond acceptors (Lipinski definition) is 4. The van der Waals surface area contributed by atoms with E-state index in [1.807, 2.05) is 0 Å². The Morgan fingerprint density at radius 1 is 1.37 bits per heavy atom. The van der Waals surface area contributed by atoms with E-state index in [4.69, 9.17) is 16.3 Å². The molecule has 0 saturated carbocycles. The highest BCUT2D eigenvalue weighted by Gasteiger charge is 2.15. The smallest absolute Gasteiger partial charge is 0.311 e. The molecule has 0 amide bonds. The molecule has 5 nitrogen and oxygen atoms in total. The maximum atomic E-state index is 10.8. The number of benzene rings is 1. The Morgan fingerprint density at radius 2 is 2.11 bits per heavy atom. The molecule has 1 aromatic rings. The van der Waals surface area contributed by atoms with Gasteiger partial charge in [0.25, 0.3) is 0 Å². The zero-order valence-corrected chi connectivity index (χ0v) is 11.4. The number of ether oxygens (including phenoxy) is 1. The molecule has 1 aliphatic rings. The van der Waals surface area contributed by atoms with E-state index in [0.29, 0.717) is 11.6 Å². The maximum absolute atomic E-state index is 10.8. The van der Waals surface area contributed by atoms with Crippen LogP contribution in [0, 0.1) is 10.1 Å². The van der Waals surface area contributed by atoms with Gasteiger partial charge in [0.2, 0.25) is 0 Å². The molecule has 6 heteroatoms. The van der Waals surface area contributed by atoms with E-state index in [0.717, 1.165) is 26.1 Å². The van der Waals surface area contributed by atoms with Crippen LogP contribution >= 0.6 is 11.6 Å². The second kappa shape index (κ2) is 6.73. The Balaban J connectivity index is 1.84. The van der Waals surface area contributed by atoms with Gasteiger partial charge in [-0.3, -0.25) is 10.1 Å². The highest BCUT2D eigenvalue weighted by atomic mass is 35.5. The molecule has 1 fully saturated rings. The first kappa shape index (κ1) is 14.1. The lowest BCUT2D eigenvalue weighted by atomic mass is 10.3. The zero-order chi connectivity index (χ0) is 13.7. The average molecular weight is 285 g/mol. The number of hydrogen-bond donors (Lipinski definition) is 0. The molecule has 2 rings (SSSR count). The van der Waals surface area contributed by atoms with E-state index in [1.54, 1.807) is 0 Å². The van der Waals surface area contributed by atoms with Crippen LogP contribution in [0.1, 0.15) is 19.3 Å². The topological polar surface area (TPSA) is 55.6 Å². The molecule has 104 valence electrons. The Kier molecular flexibility index (Phi) is 4.99. The van der Waals surface area contributed by atoms with E-state index in [-0.39, 0.29) is 11.4 Å². The SMILES string of the molecule is O=[N+]([O-])c1ccc(Cl)cc1OCCCN1CCCC1. The first-order valence-corrected chi connectivity index (χ1v) is 6.84. The van der Waals surface area contributed by atoms with Gasteiger partial charge in [0.05, 0.1) is 11.5 Å². The van der Waals surface area contributed by atoms with E-state index < -0.39 is 4.92 Å². The van der Waals surface area contributed by atoms with Gasteiger partial charge >= 0.3 is 5.69 Å². The van der Waals surface area contributed by atoms with Crippen molar-refractivity contribution in [3.05, 3.63) is 33.3 Å². The summed E-state index contributed by atoms with van der Waals surface area (Å²) in [5.74, 6) is 0.249. The fourth-order valence-electron chi connectivity index (χ4n) is 2.23. The highest BCUT2D eigenvalue weighted by molar-refractivity contribution is 6.30. The average Bonchev–Trinajstić information content (AvgIpc) is 2.87. The van der Waals surface area contributed by atoms with Crippen LogP contribution in [0.25, 0.3) is 0 Å². The largest absolute Gasteiger partial charge is 0.487 e. The molecule has 0 atom stereocenters. The first-order valence-electron chi connectivity index (χ1n) is 6.46. The molecule has 1 heterocycles. The predicted molar refractivity (Wildman–Crippen MR) is 73.9 cm³/mol. The summed E-state index contributed by atoms with van der Waals surface area (Å²) in [6.45, 7) is 3.75. The number of halogens is 1. The number of likely N-dealkylation sites (tertiary alicyclic amines) is 1. The van der Waals surface area contributed by atoms with Gasteiger partial charge in [0.1, 0.15) is 0 Å². The second-order valence-corrected chi connectivity index (χ2v) is 5.06. The third kappa shape index (κ3) is 4.08. The molecule has 1 saturated heterocycles. The summed E-state index contributed by atoms with van der Waals surface area (Å²) < 4.78 is 5.49. The molecular formula is C13H17ClN2O3. The molecule has 0 spiro atoms. The highest BCUT2D eigenvalue weighted by Crippen LogP contribution is 2.29. The third-order valence-corrected chi connectivity index (χ3v) is 3.43. The van der Waals surface area contributed by atoms with Gasteiger partial charge in [0, 0.05) is 23.7 Å². The lowest BCUT2D eigenvalue weighted by Crippen LogP contribution is -2.21. The summed E-state index contributed by atoms with van der Waals surface area (Å²) in [5, 5.41) is 11.3. The first-order chi connectivity index (χ1) is 9.16. The molecule has 0 unspecified atom stereocenters. The summed E-state index contributed by atoms with van der Waals surface area (Å²) in [4.78, 5) is 12.8. The van der Waals surface area contributed by atoms with Crippen LogP contribution in [0.15, 0.2) is 18.2 Å². The minimum absolute atomic E-state index is 0.0365. The predicted octanol–water partition coefficient (Wildman–Crippen LogP) is 3.11. The van der Waals surface area contributed by atoms with Crippen molar-refractivity contribution < 1.29 is 9.66 Å². The summed E-state index contributed by atoms with van der Waals surface area (Å²) >= 11 is 5.83. The van der Waals surface area contributed by atoms with Gasteiger partial charge in [-0.05, 0) is 38.4 Å². The Hall–Kier alpha value is -1.33. The summed E-state index contributed by atoms with van der Waals surface area (Å²) in [6.07, 6.45) is 3.39. The van der Waals surface area contributed by atoms with Crippen molar-refractivity contribution in [2.24, 2.45) is 0 Å². The number of nitro groups is 1. The quantitative estimate of drug-likeness (QED) is 0.457. The van der Waals surface area contributed by atoms with Gasteiger partial charge in [-0.1, -0.05) is 11.6 Å². The molecule has 0 bridgehead atoms. The molecule has 1 aliphatic heterocycles. The number of nitro benzene ring substituents is 1. The van der Waals surface area contributed by atoms with Gasteiger partial charge in [0.15, 0.2) is 5.75 Å². The Morgan fingerprint density at radius 3 is 2.79 bits per heavy atom. The van der Waals surface area contributed by atoms with Crippen LogP contribution in [-0.2, 0) is 0 Å². The van der Waals surface area contributed by atoms with Crippen LogP contribution in [0.3, 0.4) is 0 Å². The lowest BCUT2D eigenvalue weighted by molar-refractivity contribution is -0.385. The second-order valence-electron chi connectivity index (χ2n) is 4.62. The van der Waals surface area contributed by atoms with E-state index in [9.17, 15) is 10.1 Å². The molecule has 0 N–H and O–H groups in total. The molecule has 19 heavy (non-hydrogen) atoms. The van der Waals surface area contributed by atoms with Crippen molar-refractivity contribution in [2.45, 2.75) is 19.3 Å². The Labute approximate surface area is 117 Å².